The summed E-state index contributed by atoms with van der Waals surface area (Å²) in [5, 5.41) is 14.0. The lowest BCUT2D eigenvalue weighted by Gasteiger charge is -2.47. The van der Waals surface area contributed by atoms with Crippen LogP contribution >= 0.6 is 0 Å². The molecule has 6 N–H and O–H groups in total. The third-order valence-corrected chi connectivity index (χ3v) is 4.51. The van der Waals surface area contributed by atoms with Gasteiger partial charge in [-0.15, -0.1) is 0 Å². The minimum Gasteiger partial charge on any atom is -0.465 e. The lowest BCUT2D eigenvalue weighted by Crippen LogP contribution is -2.67. The van der Waals surface area contributed by atoms with Crippen molar-refractivity contribution in [1.29, 1.82) is 0 Å². The molecule has 0 bridgehead atoms. The van der Waals surface area contributed by atoms with Crippen LogP contribution in [0.15, 0.2) is 18.3 Å². The van der Waals surface area contributed by atoms with Crippen LogP contribution in [-0.2, 0) is 5.41 Å². The van der Waals surface area contributed by atoms with Crippen molar-refractivity contribution < 1.29 is 23.1 Å². The zero-order valence-electron chi connectivity index (χ0n) is 12.4. The molecule has 0 unspecified atom stereocenters. The second-order valence-corrected chi connectivity index (χ2v) is 5.64. The molecular formula is C13H18F3N5O2. The van der Waals surface area contributed by atoms with Crippen LogP contribution in [0.25, 0.3) is 0 Å². The number of carbonyl (C=O) groups is 1. The molecule has 1 amide bonds. The Bertz CT molecular complexity index is 572. The Labute approximate surface area is 130 Å². The van der Waals surface area contributed by atoms with Crippen molar-refractivity contribution in [2.24, 2.45) is 5.84 Å². The van der Waals surface area contributed by atoms with Crippen molar-refractivity contribution in [2.45, 2.75) is 30.5 Å². The van der Waals surface area contributed by atoms with E-state index in [0.717, 1.165) is 13.1 Å². The number of halogens is 3. The Morgan fingerprint density at radius 1 is 1.48 bits per heavy atom. The van der Waals surface area contributed by atoms with Crippen LogP contribution in [0.2, 0.25) is 0 Å². The molecule has 0 aromatic carbocycles. The second-order valence-electron chi connectivity index (χ2n) is 5.64. The first-order valence-electron chi connectivity index (χ1n) is 6.88. The van der Waals surface area contributed by atoms with E-state index < -0.39 is 23.2 Å². The number of nitrogen functional groups attached to an aromatic ring is 1. The maximum atomic E-state index is 14.0. The summed E-state index contributed by atoms with van der Waals surface area (Å²) in [5.74, 6) is 5.39. The van der Waals surface area contributed by atoms with Crippen molar-refractivity contribution in [1.82, 2.24) is 15.6 Å². The van der Waals surface area contributed by atoms with E-state index in [2.05, 4.69) is 21.0 Å². The van der Waals surface area contributed by atoms with E-state index in [4.69, 9.17) is 10.9 Å². The van der Waals surface area contributed by atoms with Crippen LogP contribution in [0.1, 0.15) is 18.9 Å². The van der Waals surface area contributed by atoms with Gasteiger partial charge in [0, 0.05) is 12.7 Å². The van der Waals surface area contributed by atoms with E-state index in [9.17, 15) is 18.0 Å². The Hall–Kier alpha value is -2.07. The van der Waals surface area contributed by atoms with Crippen molar-refractivity contribution in [3.8, 4) is 0 Å². The normalized spacial score (nSPS) is 24.0. The molecule has 0 saturated carbocycles. The fourth-order valence-corrected chi connectivity index (χ4v) is 3.04. The van der Waals surface area contributed by atoms with Gasteiger partial charge in [0.05, 0.1) is 5.54 Å². The number of nitrogens with zero attached hydrogens (tertiary/aromatic N) is 1. The molecule has 0 aliphatic carbocycles. The summed E-state index contributed by atoms with van der Waals surface area (Å²) in [5.41, 5.74) is -2.08. The Morgan fingerprint density at radius 3 is 2.57 bits per heavy atom. The molecule has 0 spiro atoms. The number of hydrogen-bond donors (Lipinski definition) is 5. The number of nitrogens with two attached hydrogens (primary N) is 1. The standard InChI is InChI=1S/C13H18F3N5O2/c1-11(13(14,15)16,8-2-3-9(21-17)19-6-8)12(20-10(22)23)4-5-18-7-12/h2-3,6,18,20H,4-5,7,17H2,1H3,(H,19,21)(H,22,23)/t11-,12+/m0/s1. The molecule has 2 heterocycles. The highest BCUT2D eigenvalue weighted by Crippen LogP contribution is 2.50. The number of aromatic nitrogens is 1. The van der Waals surface area contributed by atoms with E-state index in [1.807, 2.05) is 0 Å². The first-order valence-corrected chi connectivity index (χ1v) is 6.88. The summed E-state index contributed by atoms with van der Waals surface area (Å²) in [6.45, 7) is 1.14. The molecule has 128 valence electrons. The molecular weight excluding hydrogens is 315 g/mol. The van der Waals surface area contributed by atoms with Gasteiger partial charge in [-0.2, -0.15) is 13.2 Å². The molecule has 1 aromatic rings. The Kier molecular flexibility index (Phi) is 4.40. The van der Waals surface area contributed by atoms with E-state index in [-0.39, 0.29) is 30.9 Å². The number of nitrogens with one attached hydrogen (secondary N) is 3. The maximum absolute atomic E-state index is 14.0. The molecule has 23 heavy (non-hydrogen) atoms. The minimum absolute atomic E-state index is 0.00615. The third kappa shape index (κ3) is 2.79. The fourth-order valence-electron chi connectivity index (χ4n) is 3.04. The van der Waals surface area contributed by atoms with Gasteiger partial charge >= 0.3 is 12.3 Å². The lowest BCUT2D eigenvalue weighted by molar-refractivity contribution is -0.206. The van der Waals surface area contributed by atoms with Crippen LogP contribution in [0, 0.1) is 0 Å². The SMILES string of the molecule is C[C@@](c1ccc(NN)nc1)(C(F)(F)F)[C@@]1(NC(=O)O)CCNC1. The number of anilines is 1. The summed E-state index contributed by atoms with van der Waals surface area (Å²) in [7, 11) is 0. The van der Waals surface area contributed by atoms with E-state index in [1.165, 1.54) is 12.1 Å². The van der Waals surface area contributed by atoms with Crippen LogP contribution in [-0.4, -0.2) is 41.0 Å². The second kappa shape index (κ2) is 5.85. The fraction of sp³-hybridized carbons (Fsp3) is 0.538. The van der Waals surface area contributed by atoms with Gasteiger partial charge in [-0.25, -0.2) is 15.6 Å². The molecule has 10 heteroatoms. The number of amides is 1. The molecule has 1 fully saturated rings. The van der Waals surface area contributed by atoms with Gasteiger partial charge in [-0.05, 0) is 31.5 Å². The monoisotopic (exact) mass is 333 g/mol. The Balaban J connectivity index is 2.59. The van der Waals surface area contributed by atoms with E-state index >= 15 is 0 Å². The van der Waals surface area contributed by atoms with Crippen molar-refractivity contribution in [3.63, 3.8) is 0 Å². The number of hydrogen-bond acceptors (Lipinski definition) is 5. The number of rotatable bonds is 4. The van der Waals surface area contributed by atoms with Crippen LogP contribution in [0.4, 0.5) is 23.8 Å². The van der Waals surface area contributed by atoms with Gasteiger partial charge in [0.25, 0.3) is 0 Å². The molecule has 1 aliphatic heterocycles. The third-order valence-electron chi connectivity index (χ3n) is 4.51. The number of hydrazine groups is 1. The van der Waals surface area contributed by atoms with Gasteiger partial charge in [-0.1, -0.05) is 6.07 Å². The summed E-state index contributed by atoms with van der Waals surface area (Å²) in [4.78, 5) is 14.9. The largest absolute Gasteiger partial charge is 0.465 e. The number of pyridine rings is 1. The van der Waals surface area contributed by atoms with Crippen molar-refractivity contribution in [2.75, 3.05) is 18.5 Å². The summed E-state index contributed by atoms with van der Waals surface area (Å²) in [6.07, 6.45) is -5.13. The molecule has 1 aliphatic rings. The molecule has 2 atom stereocenters. The van der Waals surface area contributed by atoms with E-state index in [0.29, 0.717) is 0 Å². The summed E-state index contributed by atoms with van der Waals surface area (Å²) in [6, 6.07) is 2.56. The minimum atomic E-state index is -4.69. The zero-order valence-corrected chi connectivity index (χ0v) is 12.4. The van der Waals surface area contributed by atoms with Crippen LogP contribution in [0.3, 0.4) is 0 Å². The maximum Gasteiger partial charge on any atom is 0.405 e. The quantitative estimate of drug-likeness (QED) is 0.418. The average molecular weight is 333 g/mol. The first kappa shape index (κ1) is 17.3. The average Bonchev–Trinajstić information content (AvgIpc) is 2.94. The van der Waals surface area contributed by atoms with Gasteiger partial charge in [0.1, 0.15) is 11.2 Å². The van der Waals surface area contributed by atoms with Gasteiger partial charge in [0.2, 0.25) is 0 Å². The molecule has 0 radical (unpaired) electrons. The smallest absolute Gasteiger partial charge is 0.405 e. The molecule has 1 aromatic heterocycles. The van der Waals surface area contributed by atoms with E-state index in [1.54, 1.807) is 0 Å². The predicted octanol–water partition coefficient (Wildman–Crippen LogP) is 1.19. The number of alkyl halides is 3. The van der Waals surface area contributed by atoms with Gasteiger partial charge in [0.15, 0.2) is 0 Å². The topological polar surface area (TPSA) is 112 Å². The van der Waals surface area contributed by atoms with Crippen LogP contribution < -0.4 is 21.9 Å². The van der Waals surface area contributed by atoms with Crippen LogP contribution in [0.5, 0.6) is 0 Å². The highest BCUT2D eigenvalue weighted by molar-refractivity contribution is 5.66. The molecule has 2 rings (SSSR count). The predicted molar refractivity (Wildman–Crippen MR) is 76.8 cm³/mol. The summed E-state index contributed by atoms with van der Waals surface area (Å²) < 4.78 is 42.0. The number of carboxylic acid groups (broad SMARTS) is 1. The highest BCUT2D eigenvalue weighted by Gasteiger charge is 2.66. The van der Waals surface area contributed by atoms with Gasteiger partial charge < -0.3 is 21.2 Å². The van der Waals surface area contributed by atoms with Crippen molar-refractivity contribution in [3.05, 3.63) is 23.9 Å². The highest BCUT2D eigenvalue weighted by atomic mass is 19.4. The van der Waals surface area contributed by atoms with Crippen molar-refractivity contribution >= 4 is 11.9 Å². The molecule has 7 nitrogen and oxygen atoms in total. The first-order chi connectivity index (χ1) is 10.7. The Morgan fingerprint density at radius 2 is 2.17 bits per heavy atom. The zero-order chi connectivity index (χ0) is 17.3. The molecule has 1 saturated heterocycles. The summed E-state index contributed by atoms with van der Waals surface area (Å²) >= 11 is 0. The lowest BCUT2D eigenvalue weighted by atomic mass is 9.65. The van der Waals surface area contributed by atoms with Gasteiger partial charge in [-0.3, -0.25) is 0 Å².